The number of hydrogen-bond donors (Lipinski definition) is 1. The van der Waals surface area contributed by atoms with E-state index in [4.69, 9.17) is 5.26 Å². The Morgan fingerprint density at radius 2 is 2.05 bits per heavy atom. The molecule has 2 heterocycles. The molecule has 0 aliphatic carbocycles. The smallest absolute Gasteiger partial charge is 0.274 e. The first kappa shape index (κ1) is 13.8. The molecule has 3 aromatic rings. The minimum absolute atomic E-state index is 0.266. The molecule has 2 aromatic heterocycles. The summed E-state index contributed by atoms with van der Waals surface area (Å²) < 4.78 is 1.77. The molecule has 0 saturated heterocycles. The molecule has 0 fully saturated rings. The average Bonchev–Trinajstić information content (AvgIpc) is 2.94. The van der Waals surface area contributed by atoms with E-state index in [0.717, 1.165) is 11.3 Å². The van der Waals surface area contributed by atoms with Crippen molar-refractivity contribution in [1.82, 2.24) is 9.38 Å². The zero-order valence-electron chi connectivity index (χ0n) is 12.1. The number of aromatic nitrogens is 2. The zero-order chi connectivity index (χ0) is 15.5. The first-order valence-electron chi connectivity index (χ1n) is 7.01. The fourth-order valence-corrected chi connectivity index (χ4v) is 2.40. The molecule has 0 spiro atoms. The average molecular weight is 290 g/mol. The van der Waals surface area contributed by atoms with Gasteiger partial charge in [0.25, 0.3) is 5.91 Å². The van der Waals surface area contributed by atoms with Crippen molar-refractivity contribution < 1.29 is 4.79 Å². The van der Waals surface area contributed by atoms with Gasteiger partial charge >= 0.3 is 0 Å². The Morgan fingerprint density at radius 1 is 1.27 bits per heavy atom. The van der Waals surface area contributed by atoms with Crippen LogP contribution in [0.15, 0.2) is 48.7 Å². The predicted octanol–water partition coefficient (Wildman–Crippen LogP) is 3.02. The zero-order valence-corrected chi connectivity index (χ0v) is 12.1. The molecular formula is C17H14N4O. The fourth-order valence-electron chi connectivity index (χ4n) is 2.40. The van der Waals surface area contributed by atoms with Gasteiger partial charge < -0.3 is 5.32 Å². The van der Waals surface area contributed by atoms with Crippen molar-refractivity contribution in [2.45, 2.75) is 13.3 Å². The van der Waals surface area contributed by atoms with Crippen molar-refractivity contribution in [2.24, 2.45) is 0 Å². The van der Waals surface area contributed by atoms with Gasteiger partial charge in [0.2, 0.25) is 0 Å². The number of benzene rings is 1. The van der Waals surface area contributed by atoms with Gasteiger partial charge in [0.1, 0.15) is 17.4 Å². The maximum Gasteiger partial charge on any atom is 0.274 e. The molecule has 5 heteroatoms. The van der Waals surface area contributed by atoms with Crippen molar-refractivity contribution in [3.63, 3.8) is 0 Å². The maximum atomic E-state index is 12.7. The quantitative estimate of drug-likeness (QED) is 0.806. The number of carbonyl (C=O) groups is 1. The van der Waals surface area contributed by atoms with Gasteiger partial charge in [-0.05, 0) is 30.7 Å². The lowest BCUT2D eigenvalue weighted by atomic mass is 10.2. The van der Waals surface area contributed by atoms with E-state index in [-0.39, 0.29) is 5.91 Å². The lowest BCUT2D eigenvalue weighted by molar-refractivity contribution is 0.102. The number of fused-ring (bicyclic) bond motifs is 1. The van der Waals surface area contributed by atoms with Gasteiger partial charge in [-0.3, -0.25) is 9.20 Å². The van der Waals surface area contributed by atoms with E-state index in [0.29, 0.717) is 23.4 Å². The summed E-state index contributed by atoms with van der Waals surface area (Å²) in [6.07, 6.45) is 2.47. The Labute approximate surface area is 127 Å². The Hall–Kier alpha value is -3.13. The number of aryl methyl sites for hydroxylation is 1. The van der Waals surface area contributed by atoms with Gasteiger partial charge in [-0.25, -0.2) is 4.98 Å². The number of imidazole rings is 1. The van der Waals surface area contributed by atoms with Gasteiger partial charge in [-0.15, -0.1) is 0 Å². The number of para-hydroxylation sites is 1. The molecule has 0 bridgehead atoms. The molecule has 1 N–H and O–H groups in total. The molecule has 0 atom stereocenters. The molecule has 0 unspecified atom stereocenters. The largest absolute Gasteiger partial charge is 0.319 e. The summed E-state index contributed by atoms with van der Waals surface area (Å²) in [7, 11) is 0. The van der Waals surface area contributed by atoms with Gasteiger partial charge in [0, 0.05) is 6.20 Å². The normalized spacial score (nSPS) is 10.4. The van der Waals surface area contributed by atoms with Crippen molar-refractivity contribution in [2.75, 3.05) is 5.32 Å². The van der Waals surface area contributed by atoms with E-state index >= 15 is 0 Å². The summed E-state index contributed by atoms with van der Waals surface area (Å²) in [6.45, 7) is 1.96. The molecule has 108 valence electrons. The number of nitriles is 1. The lowest BCUT2D eigenvalue weighted by Crippen LogP contribution is -2.17. The Balaban J connectivity index is 2.04. The Bertz CT molecular complexity index is 889. The number of carbonyl (C=O) groups excluding carboxylic acids is 1. The van der Waals surface area contributed by atoms with Crippen LogP contribution in [0.2, 0.25) is 0 Å². The lowest BCUT2D eigenvalue weighted by Gasteiger charge is -2.07. The number of pyridine rings is 1. The van der Waals surface area contributed by atoms with Gasteiger partial charge in [0.05, 0.1) is 16.9 Å². The molecule has 22 heavy (non-hydrogen) atoms. The van der Waals surface area contributed by atoms with Crippen LogP contribution in [0.25, 0.3) is 5.65 Å². The molecule has 3 rings (SSSR count). The van der Waals surface area contributed by atoms with Crippen LogP contribution in [0.1, 0.15) is 28.7 Å². The van der Waals surface area contributed by atoms with Crippen LogP contribution in [0, 0.1) is 11.3 Å². The standard InChI is InChI=1S/C17H14N4O/c1-2-13-16(21-10-6-5-9-15(21)19-13)17(22)20-14-8-4-3-7-12(14)11-18/h3-10H,2H2,1H3,(H,20,22). The van der Waals surface area contributed by atoms with E-state index < -0.39 is 0 Å². The van der Waals surface area contributed by atoms with Crippen LogP contribution in [-0.4, -0.2) is 15.3 Å². The first-order chi connectivity index (χ1) is 10.7. The van der Waals surface area contributed by atoms with Crippen molar-refractivity contribution in [3.05, 3.63) is 65.6 Å². The summed E-state index contributed by atoms with van der Waals surface area (Å²) in [4.78, 5) is 17.1. The van der Waals surface area contributed by atoms with Crippen molar-refractivity contribution in [1.29, 1.82) is 5.26 Å². The Kier molecular flexibility index (Phi) is 3.58. The van der Waals surface area contributed by atoms with Crippen LogP contribution in [-0.2, 0) is 6.42 Å². The van der Waals surface area contributed by atoms with E-state index in [2.05, 4.69) is 16.4 Å². The molecule has 0 aliphatic rings. The molecular weight excluding hydrogens is 276 g/mol. The molecule has 0 aliphatic heterocycles. The minimum Gasteiger partial charge on any atom is -0.319 e. The van der Waals surface area contributed by atoms with E-state index in [1.54, 1.807) is 28.7 Å². The van der Waals surface area contributed by atoms with E-state index in [9.17, 15) is 4.79 Å². The summed E-state index contributed by atoms with van der Waals surface area (Å²) in [5.74, 6) is -0.266. The number of nitrogens with zero attached hydrogens (tertiary/aromatic N) is 3. The topological polar surface area (TPSA) is 70.2 Å². The maximum absolute atomic E-state index is 12.7. The highest BCUT2D eigenvalue weighted by Crippen LogP contribution is 2.18. The van der Waals surface area contributed by atoms with Gasteiger partial charge in [-0.2, -0.15) is 5.26 Å². The number of anilines is 1. The third-order valence-corrected chi connectivity index (χ3v) is 3.45. The minimum atomic E-state index is -0.266. The second-order valence-corrected chi connectivity index (χ2v) is 4.80. The van der Waals surface area contributed by atoms with Gasteiger partial charge in [0.15, 0.2) is 0 Å². The second-order valence-electron chi connectivity index (χ2n) is 4.80. The molecule has 5 nitrogen and oxygen atoms in total. The highest BCUT2D eigenvalue weighted by molar-refractivity contribution is 6.05. The van der Waals surface area contributed by atoms with Crippen LogP contribution in [0.3, 0.4) is 0 Å². The molecule has 0 saturated carbocycles. The molecule has 1 aromatic carbocycles. The molecule has 0 radical (unpaired) electrons. The number of amides is 1. The Morgan fingerprint density at radius 3 is 2.82 bits per heavy atom. The summed E-state index contributed by atoms with van der Waals surface area (Å²) in [6, 6.07) is 14.6. The summed E-state index contributed by atoms with van der Waals surface area (Å²) in [5.41, 5.74) is 2.91. The molecule has 1 amide bonds. The van der Waals surface area contributed by atoms with Crippen molar-refractivity contribution >= 4 is 17.2 Å². The van der Waals surface area contributed by atoms with Crippen molar-refractivity contribution in [3.8, 4) is 6.07 Å². The number of nitrogens with one attached hydrogen (secondary N) is 1. The number of rotatable bonds is 3. The van der Waals surface area contributed by atoms with Crippen LogP contribution in [0.5, 0.6) is 0 Å². The first-order valence-corrected chi connectivity index (χ1v) is 7.01. The van der Waals surface area contributed by atoms with E-state index in [1.165, 1.54) is 0 Å². The van der Waals surface area contributed by atoms with Crippen LogP contribution >= 0.6 is 0 Å². The SMILES string of the molecule is CCc1nc2ccccn2c1C(=O)Nc1ccccc1C#N. The van der Waals surface area contributed by atoms with Gasteiger partial charge in [-0.1, -0.05) is 25.1 Å². The van der Waals surface area contributed by atoms with Crippen LogP contribution < -0.4 is 5.32 Å². The highest BCUT2D eigenvalue weighted by Gasteiger charge is 2.18. The number of hydrogen-bond acceptors (Lipinski definition) is 3. The summed E-state index contributed by atoms with van der Waals surface area (Å²) >= 11 is 0. The van der Waals surface area contributed by atoms with Crippen LogP contribution in [0.4, 0.5) is 5.69 Å². The summed E-state index contributed by atoms with van der Waals surface area (Å²) in [5, 5.41) is 11.9. The van der Waals surface area contributed by atoms with E-state index in [1.807, 2.05) is 31.3 Å². The third kappa shape index (κ3) is 2.31. The third-order valence-electron chi connectivity index (χ3n) is 3.45. The highest BCUT2D eigenvalue weighted by atomic mass is 16.2. The monoisotopic (exact) mass is 290 g/mol. The second kappa shape index (κ2) is 5.70. The predicted molar refractivity (Wildman–Crippen MR) is 83.7 cm³/mol. The fraction of sp³-hybridized carbons (Fsp3) is 0.118.